The number of hydrogen-bond donors (Lipinski definition) is 0. The average Bonchev–Trinajstić information content (AvgIpc) is 3.23. The quantitative estimate of drug-likeness (QED) is 0.628. The van der Waals surface area contributed by atoms with Crippen molar-refractivity contribution >= 4 is 17.6 Å². The first-order valence-corrected chi connectivity index (χ1v) is 8.54. The molecule has 2 fully saturated rings. The molecular formula is C19H21NO4. The third kappa shape index (κ3) is 1.97. The summed E-state index contributed by atoms with van der Waals surface area (Å²) >= 11 is 0. The molecule has 1 aromatic carbocycles. The molecule has 2 saturated heterocycles. The van der Waals surface area contributed by atoms with Gasteiger partial charge in [0.25, 0.3) is 0 Å². The molecule has 4 unspecified atom stereocenters. The van der Waals surface area contributed by atoms with Crippen molar-refractivity contribution in [2.24, 2.45) is 11.8 Å². The van der Waals surface area contributed by atoms with Crippen LogP contribution in [0.15, 0.2) is 36.4 Å². The van der Waals surface area contributed by atoms with Crippen molar-refractivity contribution in [2.75, 3.05) is 18.1 Å². The standard InChI is InChI=1S/C19H21NO4/c1-3-12-7-5-6-8-13(12)20-11-19-10-9-14(24-19)15(16(19)17(20)21)18(22)23-4-2/h5-10,14-16H,3-4,11H2,1-2H3. The first-order chi connectivity index (χ1) is 11.6. The lowest BCUT2D eigenvalue weighted by atomic mass is 9.77. The van der Waals surface area contributed by atoms with E-state index in [1.165, 1.54) is 0 Å². The van der Waals surface area contributed by atoms with E-state index in [0.29, 0.717) is 13.2 Å². The molecule has 0 aromatic heterocycles. The van der Waals surface area contributed by atoms with Crippen LogP contribution < -0.4 is 4.90 Å². The average molecular weight is 327 g/mol. The fraction of sp³-hybridized carbons (Fsp3) is 0.474. The van der Waals surface area contributed by atoms with E-state index in [-0.39, 0.29) is 18.0 Å². The fourth-order valence-electron chi connectivity index (χ4n) is 4.28. The summed E-state index contributed by atoms with van der Waals surface area (Å²) in [7, 11) is 0. The monoisotopic (exact) mass is 327 g/mol. The Kier molecular flexibility index (Phi) is 3.49. The number of anilines is 1. The van der Waals surface area contributed by atoms with E-state index in [1.54, 1.807) is 11.8 Å². The summed E-state index contributed by atoms with van der Waals surface area (Å²) in [6, 6.07) is 7.91. The molecule has 2 bridgehead atoms. The summed E-state index contributed by atoms with van der Waals surface area (Å²) in [6.45, 7) is 4.61. The molecular weight excluding hydrogens is 306 g/mol. The van der Waals surface area contributed by atoms with Crippen LogP contribution in [0, 0.1) is 11.8 Å². The first-order valence-electron chi connectivity index (χ1n) is 8.54. The van der Waals surface area contributed by atoms with Gasteiger partial charge in [-0.3, -0.25) is 9.59 Å². The lowest BCUT2D eigenvalue weighted by Gasteiger charge is -2.23. The SMILES string of the molecule is CCOC(=O)C1C2C=CC3(CN(c4ccccc4CC)C(=O)C13)O2. The van der Waals surface area contributed by atoms with Gasteiger partial charge in [-0.2, -0.15) is 0 Å². The Morgan fingerprint density at radius 1 is 1.38 bits per heavy atom. The van der Waals surface area contributed by atoms with Crippen molar-refractivity contribution < 1.29 is 19.1 Å². The van der Waals surface area contributed by atoms with E-state index in [1.807, 2.05) is 36.4 Å². The largest absolute Gasteiger partial charge is 0.466 e. The topological polar surface area (TPSA) is 55.8 Å². The summed E-state index contributed by atoms with van der Waals surface area (Å²) in [4.78, 5) is 27.3. The molecule has 0 saturated carbocycles. The van der Waals surface area contributed by atoms with Crippen LogP contribution in [-0.4, -0.2) is 36.7 Å². The number of rotatable bonds is 4. The minimum absolute atomic E-state index is 0.0409. The minimum Gasteiger partial charge on any atom is -0.466 e. The third-order valence-electron chi connectivity index (χ3n) is 5.32. The zero-order valence-electron chi connectivity index (χ0n) is 13.9. The Labute approximate surface area is 141 Å². The van der Waals surface area contributed by atoms with Crippen molar-refractivity contribution in [3.8, 4) is 0 Å². The van der Waals surface area contributed by atoms with Crippen LogP contribution in [0.4, 0.5) is 5.69 Å². The van der Waals surface area contributed by atoms with Gasteiger partial charge in [0, 0.05) is 5.69 Å². The van der Waals surface area contributed by atoms with Crippen LogP contribution in [0.5, 0.6) is 0 Å². The highest BCUT2D eigenvalue weighted by molar-refractivity contribution is 6.03. The van der Waals surface area contributed by atoms with Crippen LogP contribution >= 0.6 is 0 Å². The summed E-state index contributed by atoms with van der Waals surface area (Å²) in [5.74, 6) is -1.41. The molecule has 5 heteroatoms. The van der Waals surface area contributed by atoms with Gasteiger partial charge in [-0.15, -0.1) is 0 Å². The molecule has 4 atom stereocenters. The van der Waals surface area contributed by atoms with Gasteiger partial charge in [-0.25, -0.2) is 0 Å². The lowest BCUT2D eigenvalue weighted by Crippen LogP contribution is -2.40. The molecule has 3 aliphatic heterocycles. The maximum Gasteiger partial charge on any atom is 0.312 e. The first kappa shape index (κ1) is 15.4. The van der Waals surface area contributed by atoms with E-state index in [4.69, 9.17) is 9.47 Å². The van der Waals surface area contributed by atoms with Crippen LogP contribution in [0.3, 0.4) is 0 Å². The Bertz CT molecular complexity index is 728. The van der Waals surface area contributed by atoms with Crippen LogP contribution in [0.2, 0.25) is 0 Å². The van der Waals surface area contributed by atoms with E-state index >= 15 is 0 Å². The van der Waals surface area contributed by atoms with Crippen LogP contribution in [-0.2, 0) is 25.5 Å². The second-order valence-electron chi connectivity index (χ2n) is 6.56. The van der Waals surface area contributed by atoms with E-state index < -0.39 is 17.4 Å². The van der Waals surface area contributed by atoms with Gasteiger partial charge < -0.3 is 14.4 Å². The minimum atomic E-state index is -0.694. The predicted molar refractivity (Wildman–Crippen MR) is 88.5 cm³/mol. The molecule has 0 N–H and O–H groups in total. The van der Waals surface area contributed by atoms with E-state index in [9.17, 15) is 9.59 Å². The second kappa shape index (κ2) is 5.45. The number of esters is 1. The molecule has 3 heterocycles. The predicted octanol–water partition coefficient (Wildman–Crippen LogP) is 2.10. The zero-order chi connectivity index (χ0) is 16.9. The van der Waals surface area contributed by atoms with Gasteiger partial charge in [0.1, 0.15) is 11.5 Å². The highest BCUT2D eigenvalue weighted by atomic mass is 16.6. The van der Waals surface area contributed by atoms with Crippen LogP contribution in [0.1, 0.15) is 19.4 Å². The molecule has 126 valence electrons. The summed E-state index contributed by atoms with van der Waals surface area (Å²) in [6.07, 6.45) is 4.37. The Balaban J connectivity index is 1.71. The van der Waals surface area contributed by atoms with Crippen LogP contribution in [0.25, 0.3) is 0 Å². The number of nitrogens with zero attached hydrogens (tertiary/aromatic N) is 1. The number of para-hydroxylation sites is 1. The van der Waals surface area contributed by atoms with Gasteiger partial charge in [0.15, 0.2) is 0 Å². The van der Waals surface area contributed by atoms with Gasteiger partial charge in [-0.1, -0.05) is 37.3 Å². The van der Waals surface area contributed by atoms with Gasteiger partial charge in [-0.05, 0) is 25.0 Å². The summed E-state index contributed by atoms with van der Waals surface area (Å²) < 4.78 is 11.3. The number of ether oxygens (including phenoxy) is 2. The molecule has 0 aliphatic carbocycles. The van der Waals surface area contributed by atoms with Gasteiger partial charge in [0.2, 0.25) is 5.91 Å². The van der Waals surface area contributed by atoms with E-state index in [2.05, 4.69) is 6.92 Å². The number of fused-ring (bicyclic) bond motifs is 1. The third-order valence-corrected chi connectivity index (χ3v) is 5.32. The van der Waals surface area contributed by atoms with Crippen molar-refractivity contribution in [1.82, 2.24) is 0 Å². The van der Waals surface area contributed by atoms with Crippen molar-refractivity contribution in [3.63, 3.8) is 0 Å². The number of aryl methyl sites for hydroxylation is 1. The highest BCUT2D eigenvalue weighted by Gasteiger charge is 2.67. The molecule has 5 nitrogen and oxygen atoms in total. The van der Waals surface area contributed by atoms with E-state index in [0.717, 1.165) is 17.7 Å². The molecule has 0 radical (unpaired) electrons. The lowest BCUT2D eigenvalue weighted by molar-refractivity contribution is -0.151. The number of hydrogen-bond acceptors (Lipinski definition) is 4. The highest BCUT2D eigenvalue weighted by Crippen LogP contribution is 2.53. The Morgan fingerprint density at radius 3 is 2.92 bits per heavy atom. The smallest absolute Gasteiger partial charge is 0.312 e. The molecule has 3 aliphatic rings. The normalized spacial score (nSPS) is 33.2. The number of benzene rings is 1. The molecule has 1 amide bonds. The zero-order valence-corrected chi connectivity index (χ0v) is 13.9. The number of carbonyl (C=O) groups is 2. The maximum absolute atomic E-state index is 13.2. The fourth-order valence-corrected chi connectivity index (χ4v) is 4.28. The number of amides is 1. The molecule has 1 aromatic rings. The van der Waals surface area contributed by atoms with Crippen molar-refractivity contribution in [1.29, 1.82) is 0 Å². The Hall–Kier alpha value is -2.14. The Morgan fingerprint density at radius 2 is 2.17 bits per heavy atom. The maximum atomic E-state index is 13.2. The van der Waals surface area contributed by atoms with Crippen molar-refractivity contribution in [3.05, 3.63) is 42.0 Å². The summed E-state index contributed by atoms with van der Waals surface area (Å²) in [5.41, 5.74) is 1.34. The van der Waals surface area contributed by atoms with Crippen molar-refractivity contribution in [2.45, 2.75) is 32.0 Å². The number of carbonyl (C=O) groups excluding carboxylic acids is 2. The second-order valence-corrected chi connectivity index (χ2v) is 6.56. The molecule has 24 heavy (non-hydrogen) atoms. The van der Waals surface area contributed by atoms with Gasteiger partial charge in [0.05, 0.1) is 25.2 Å². The summed E-state index contributed by atoms with van der Waals surface area (Å²) in [5, 5.41) is 0. The molecule has 4 rings (SSSR count). The molecule has 1 spiro atoms. The van der Waals surface area contributed by atoms with Gasteiger partial charge >= 0.3 is 5.97 Å².